The second kappa shape index (κ2) is 9.68. The van der Waals surface area contributed by atoms with Gasteiger partial charge in [-0.2, -0.15) is 11.8 Å². The van der Waals surface area contributed by atoms with Crippen LogP contribution in [0.4, 0.5) is 10.5 Å². The third-order valence-electron chi connectivity index (χ3n) is 2.94. The molecule has 3 N–H and O–H groups in total. The molecule has 1 unspecified atom stereocenters. The third-order valence-corrected chi connectivity index (χ3v) is 4.11. The zero-order valence-electron chi connectivity index (χ0n) is 13.1. The molecule has 5 heteroatoms. The van der Waals surface area contributed by atoms with Gasteiger partial charge in [-0.25, -0.2) is 4.79 Å². The molecule has 4 nitrogen and oxygen atoms in total. The van der Waals surface area contributed by atoms with Crippen molar-refractivity contribution in [1.82, 2.24) is 5.32 Å². The number of rotatable bonds is 8. The van der Waals surface area contributed by atoms with Gasteiger partial charge < -0.3 is 15.7 Å². The molecule has 1 atom stereocenters. The highest BCUT2D eigenvalue weighted by Crippen LogP contribution is 2.19. The first kappa shape index (κ1) is 17.9. The molecule has 1 rings (SSSR count). The number of aliphatic hydroxyl groups excluding tert-OH is 1. The number of carbonyl (C=O) groups is 1. The Bertz CT molecular complexity index is 438. The van der Waals surface area contributed by atoms with Gasteiger partial charge in [-0.15, -0.1) is 0 Å². The SMILES string of the molecule is CC(CCCO)NC(=O)Nc1cccc(CSC(C)C)c1. The number of urea groups is 1. The molecule has 1 aromatic rings. The lowest BCUT2D eigenvalue weighted by Crippen LogP contribution is -2.36. The van der Waals surface area contributed by atoms with Crippen molar-refractivity contribution in [3.8, 4) is 0 Å². The first-order chi connectivity index (χ1) is 10.0. The second-order valence-electron chi connectivity index (χ2n) is 5.43. The summed E-state index contributed by atoms with van der Waals surface area (Å²) in [6.45, 7) is 6.44. The molecule has 0 aromatic heterocycles. The van der Waals surface area contributed by atoms with Crippen LogP contribution in [0.2, 0.25) is 0 Å². The van der Waals surface area contributed by atoms with E-state index >= 15 is 0 Å². The summed E-state index contributed by atoms with van der Waals surface area (Å²) in [4.78, 5) is 11.9. The zero-order valence-corrected chi connectivity index (χ0v) is 13.9. The van der Waals surface area contributed by atoms with Gasteiger partial charge in [0.2, 0.25) is 0 Å². The molecular formula is C16H26N2O2S. The van der Waals surface area contributed by atoms with Gasteiger partial charge in [-0.1, -0.05) is 26.0 Å². The summed E-state index contributed by atoms with van der Waals surface area (Å²) in [7, 11) is 0. The zero-order chi connectivity index (χ0) is 15.7. The van der Waals surface area contributed by atoms with Gasteiger partial charge in [0, 0.05) is 24.1 Å². The van der Waals surface area contributed by atoms with E-state index in [0.717, 1.165) is 17.9 Å². The Labute approximate surface area is 131 Å². The van der Waals surface area contributed by atoms with Crippen LogP contribution in [0.5, 0.6) is 0 Å². The fourth-order valence-electron chi connectivity index (χ4n) is 1.86. The molecule has 2 amide bonds. The van der Waals surface area contributed by atoms with Crippen molar-refractivity contribution >= 4 is 23.5 Å². The molecule has 118 valence electrons. The van der Waals surface area contributed by atoms with E-state index in [9.17, 15) is 4.79 Å². The summed E-state index contributed by atoms with van der Waals surface area (Å²) in [6.07, 6.45) is 1.47. The first-order valence-electron chi connectivity index (χ1n) is 7.40. The lowest BCUT2D eigenvalue weighted by Gasteiger charge is -2.14. The molecule has 1 aromatic carbocycles. The number of benzene rings is 1. The smallest absolute Gasteiger partial charge is 0.319 e. The Morgan fingerprint density at radius 1 is 1.33 bits per heavy atom. The molecule has 0 heterocycles. The molecule has 0 spiro atoms. The van der Waals surface area contributed by atoms with Gasteiger partial charge in [0.25, 0.3) is 0 Å². The molecule has 0 saturated carbocycles. The Morgan fingerprint density at radius 3 is 2.76 bits per heavy atom. The van der Waals surface area contributed by atoms with E-state index < -0.39 is 0 Å². The average molecular weight is 310 g/mol. The lowest BCUT2D eigenvalue weighted by atomic mass is 10.2. The normalized spacial score (nSPS) is 12.2. The van der Waals surface area contributed by atoms with E-state index in [2.05, 4.69) is 30.5 Å². The Balaban J connectivity index is 2.46. The summed E-state index contributed by atoms with van der Waals surface area (Å²) < 4.78 is 0. The van der Waals surface area contributed by atoms with Crippen molar-refractivity contribution in [2.24, 2.45) is 0 Å². The van der Waals surface area contributed by atoms with Crippen molar-refractivity contribution < 1.29 is 9.90 Å². The summed E-state index contributed by atoms with van der Waals surface area (Å²) in [5.41, 5.74) is 2.02. The number of hydrogen-bond acceptors (Lipinski definition) is 3. The van der Waals surface area contributed by atoms with Crippen molar-refractivity contribution in [1.29, 1.82) is 0 Å². The predicted molar refractivity (Wildman–Crippen MR) is 90.8 cm³/mol. The minimum Gasteiger partial charge on any atom is -0.396 e. The van der Waals surface area contributed by atoms with Gasteiger partial charge in [0.15, 0.2) is 0 Å². The highest BCUT2D eigenvalue weighted by atomic mass is 32.2. The van der Waals surface area contributed by atoms with Crippen LogP contribution in [0.3, 0.4) is 0 Å². The monoisotopic (exact) mass is 310 g/mol. The fourth-order valence-corrected chi connectivity index (χ4v) is 2.57. The largest absolute Gasteiger partial charge is 0.396 e. The number of nitrogens with one attached hydrogen (secondary N) is 2. The summed E-state index contributed by atoms with van der Waals surface area (Å²) in [5.74, 6) is 0.946. The van der Waals surface area contributed by atoms with Crippen LogP contribution in [0.25, 0.3) is 0 Å². The molecule has 0 aliphatic rings. The molecule has 0 saturated heterocycles. The minimum absolute atomic E-state index is 0.0526. The van der Waals surface area contributed by atoms with Gasteiger partial charge >= 0.3 is 6.03 Å². The van der Waals surface area contributed by atoms with Crippen LogP contribution in [0, 0.1) is 0 Å². The predicted octanol–water partition coefficient (Wildman–Crippen LogP) is 3.61. The maximum Gasteiger partial charge on any atom is 0.319 e. The molecule has 0 bridgehead atoms. The van der Waals surface area contributed by atoms with Crippen LogP contribution in [0.1, 0.15) is 39.2 Å². The number of anilines is 1. The quantitative estimate of drug-likeness (QED) is 0.687. The molecule has 0 aliphatic carbocycles. The van der Waals surface area contributed by atoms with Crippen LogP contribution in [-0.2, 0) is 5.75 Å². The van der Waals surface area contributed by atoms with E-state index in [0.29, 0.717) is 11.7 Å². The topological polar surface area (TPSA) is 61.4 Å². The van der Waals surface area contributed by atoms with E-state index in [1.807, 2.05) is 36.9 Å². The number of aliphatic hydroxyl groups is 1. The standard InChI is InChI=1S/C16H26N2O2S/c1-12(2)21-11-14-7-4-8-15(10-14)18-16(20)17-13(3)6-5-9-19/h4,7-8,10,12-13,19H,5-6,9,11H2,1-3H3,(H2,17,18,20). The number of hydrogen-bond donors (Lipinski definition) is 3. The molecule has 0 fully saturated rings. The van der Waals surface area contributed by atoms with E-state index in [4.69, 9.17) is 5.11 Å². The van der Waals surface area contributed by atoms with Gasteiger partial charge in [-0.3, -0.25) is 0 Å². The van der Waals surface area contributed by atoms with Gasteiger partial charge in [0.1, 0.15) is 0 Å². The van der Waals surface area contributed by atoms with Crippen LogP contribution >= 0.6 is 11.8 Å². The average Bonchev–Trinajstić information content (AvgIpc) is 2.43. The second-order valence-corrected chi connectivity index (χ2v) is 6.99. The molecule has 0 aliphatic heterocycles. The number of carbonyl (C=O) groups excluding carboxylic acids is 1. The Morgan fingerprint density at radius 2 is 2.10 bits per heavy atom. The molecular weight excluding hydrogens is 284 g/mol. The number of thioether (sulfide) groups is 1. The summed E-state index contributed by atoms with van der Waals surface area (Å²) in [5, 5.41) is 15.1. The van der Waals surface area contributed by atoms with E-state index in [1.165, 1.54) is 5.56 Å². The first-order valence-corrected chi connectivity index (χ1v) is 8.45. The maximum atomic E-state index is 11.9. The summed E-state index contributed by atoms with van der Waals surface area (Å²) in [6, 6.07) is 7.78. The fraction of sp³-hybridized carbons (Fsp3) is 0.562. The van der Waals surface area contributed by atoms with Crippen molar-refractivity contribution in [3.63, 3.8) is 0 Å². The number of amides is 2. The van der Waals surface area contributed by atoms with Crippen molar-refractivity contribution in [2.45, 2.75) is 50.7 Å². The van der Waals surface area contributed by atoms with Crippen LogP contribution in [0.15, 0.2) is 24.3 Å². The Kier molecular flexibility index (Phi) is 8.23. The van der Waals surface area contributed by atoms with Crippen LogP contribution in [-0.4, -0.2) is 29.0 Å². The maximum absolute atomic E-state index is 11.9. The van der Waals surface area contributed by atoms with Gasteiger partial charge in [-0.05, 0) is 42.7 Å². The lowest BCUT2D eigenvalue weighted by molar-refractivity contribution is 0.245. The third kappa shape index (κ3) is 7.97. The Hall–Kier alpha value is -1.20. The van der Waals surface area contributed by atoms with E-state index in [1.54, 1.807) is 0 Å². The highest BCUT2D eigenvalue weighted by molar-refractivity contribution is 7.99. The van der Waals surface area contributed by atoms with Gasteiger partial charge in [0.05, 0.1) is 0 Å². The molecule has 0 radical (unpaired) electrons. The minimum atomic E-state index is -0.200. The van der Waals surface area contributed by atoms with E-state index in [-0.39, 0.29) is 18.7 Å². The molecule has 21 heavy (non-hydrogen) atoms. The summed E-state index contributed by atoms with van der Waals surface area (Å²) >= 11 is 1.88. The van der Waals surface area contributed by atoms with Crippen molar-refractivity contribution in [2.75, 3.05) is 11.9 Å². The van der Waals surface area contributed by atoms with Crippen LogP contribution < -0.4 is 10.6 Å². The van der Waals surface area contributed by atoms with Crippen molar-refractivity contribution in [3.05, 3.63) is 29.8 Å². The highest BCUT2D eigenvalue weighted by Gasteiger charge is 2.07.